The molecule has 5 heteroatoms. The van der Waals surface area contributed by atoms with Crippen molar-refractivity contribution in [2.75, 3.05) is 26.8 Å². The topological polar surface area (TPSA) is 38.4 Å². The fraction of sp³-hybridized carbons (Fsp3) is 0.667. The Morgan fingerprint density at radius 3 is 2.94 bits per heavy atom. The number of hydrogen-bond donors (Lipinski definition) is 0. The molecule has 1 saturated carbocycles. The van der Waals surface area contributed by atoms with Crippen LogP contribution in [-0.4, -0.2) is 42.3 Å². The Bertz CT molecular complexity index is 385. The minimum atomic E-state index is -0.0272. The van der Waals surface area contributed by atoms with Crippen LogP contribution in [-0.2, 0) is 11.8 Å². The second-order valence-electron chi connectivity index (χ2n) is 4.71. The first-order valence-corrected chi connectivity index (χ1v) is 6.03. The van der Waals surface area contributed by atoms with E-state index in [4.69, 9.17) is 4.74 Å². The zero-order chi connectivity index (χ0) is 12.3. The largest absolute Gasteiger partial charge is 0.415 e. The second kappa shape index (κ2) is 5.31. The standard InChI is InChI=1S/C12H20N3O2/c1-13-5-6-15(10-13)12(16)14(2)7-8-17-9-11-3-4-11/h5-6,10-11H,3-4,7-9H2,1-2H3/q+1. The van der Waals surface area contributed by atoms with Gasteiger partial charge in [-0.15, -0.1) is 0 Å². The average Bonchev–Trinajstić information content (AvgIpc) is 3.04. The summed E-state index contributed by atoms with van der Waals surface area (Å²) in [5.41, 5.74) is 0. The summed E-state index contributed by atoms with van der Waals surface area (Å²) in [6.45, 7) is 2.10. The maximum absolute atomic E-state index is 11.9. The molecule has 1 aromatic heterocycles. The molecule has 17 heavy (non-hydrogen) atoms. The highest BCUT2D eigenvalue weighted by atomic mass is 16.5. The van der Waals surface area contributed by atoms with Crippen molar-refractivity contribution in [1.82, 2.24) is 9.47 Å². The van der Waals surface area contributed by atoms with Gasteiger partial charge >= 0.3 is 6.03 Å². The highest BCUT2D eigenvalue weighted by molar-refractivity contribution is 5.76. The fourth-order valence-electron chi connectivity index (χ4n) is 1.59. The summed E-state index contributed by atoms with van der Waals surface area (Å²) in [5.74, 6) is 0.777. The van der Waals surface area contributed by atoms with Gasteiger partial charge in [0, 0.05) is 20.2 Å². The third-order valence-electron chi connectivity index (χ3n) is 2.94. The van der Waals surface area contributed by atoms with Crippen molar-refractivity contribution >= 4 is 6.03 Å². The van der Waals surface area contributed by atoms with E-state index in [0.717, 1.165) is 12.5 Å². The van der Waals surface area contributed by atoms with E-state index in [9.17, 15) is 4.79 Å². The molecule has 1 heterocycles. The molecule has 1 aromatic rings. The number of likely N-dealkylation sites (N-methyl/N-ethyl adjacent to an activating group) is 1. The summed E-state index contributed by atoms with van der Waals surface area (Å²) in [6.07, 6.45) is 7.95. The SMILES string of the molecule is CN(CCOCC1CC1)C(=O)n1cc[n+](C)c1. The maximum Gasteiger partial charge on any atom is 0.415 e. The van der Waals surface area contributed by atoms with Gasteiger partial charge in [-0.05, 0) is 18.8 Å². The fourth-order valence-corrected chi connectivity index (χ4v) is 1.59. The van der Waals surface area contributed by atoms with Gasteiger partial charge in [-0.2, -0.15) is 4.57 Å². The third kappa shape index (κ3) is 3.56. The molecule has 5 nitrogen and oxygen atoms in total. The first-order chi connectivity index (χ1) is 8.16. The lowest BCUT2D eigenvalue weighted by atomic mass is 10.5. The lowest BCUT2D eigenvalue weighted by Gasteiger charge is -2.13. The zero-order valence-corrected chi connectivity index (χ0v) is 10.5. The van der Waals surface area contributed by atoms with Crippen LogP contribution in [0.4, 0.5) is 4.79 Å². The molecule has 0 atom stereocenters. The number of aromatic nitrogens is 2. The van der Waals surface area contributed by atoms with E-state index in [1.807, 2.05) is 17.8 Å². The Hall–Kier alpha value is -1.36. The summed E-state index contributed by atoms with van der Waals surface area (Å²) >= 11 is 0. The molecule has 0 aromatic carbocycles. The third-order valence-corrected chi connectivity index (χ3v) is 2.94. The molecule has 0 N–H and O–H groups in total. The summed E-state index contributed by atoms with van der Waals surface area (Å²) in [6, 6.07) is -0.0272. The number of carbonyl (C=O) groups is 1. The van der Waals surface area contributed by atoms with Gasteiger partial charge in [-0.25, -0.2) is 9.36 Å². The van der Waals surface area contributed by atoms with Crippen molar-refractivity contribution < 1.29 is 14.1 Å². The Balaban J connectivity index is 1.70. The van der Waals surface area contributed by atoms with Crippen molar-refractivity contribution in [1.29, 1.82) is 0 Å². The summed E-state index contributed by atoms with van der Waals surface area (Å²) in [4.78, 5) is 13.6. The molecule has 0 spiro atoms. The highest BCUT2D eigenvalue weighted by Crippen LogP contribution is 2.28. The number of aryl methyl sites for hydroxylation is 1. The number of nitrogens with zero attached hydrogens (tertiary/aromatic N) is 3. The van der Waals surface area contributed by atoms with Crippen molar-refractivity contribution in [2.45, 2.75) is 12.8 Å². The quantitative estimate of drug-likeness (QED) is 0.558. The van der Waals surface area contributed by atoms with Gasteiger partial charge in [0.1, 0.15) is 12.4 Å². The van der Waals surface area contributed by atoms with Gasteiger partial charge < -0.3 is 9.64 Å². The van der Waals surface area contributed by atoms with Gasteiger partial charge in [0.15, 0.2) is 0 Å². The smallest absolute Gasteiger partial charge is 0.379 e. The molecule has 1 aliphatic rings. The second-order valence-corrected chi connectivity index (χ2v) is 4.71. The predicted octanol–water partition coefficient (Wildman–Crippen LogP) is 0.639. The van der Waals surface area contributed by atoms with E-state index in [2.05, 4.69) is 0 Å². The number of hydrogen-bond acceptors (Lipinski definition) is 2. The van der Waals surface area contributed by atoms with Gasteiger partial charge in [-0.1, -0.05) is 0 Å². The number of amides is 1. The Morgan fingerprint density at radius 2 is 2.35 bits per heavy atom. The van der Waals surface area contributed by atoms with Crippen molar-refractivity contribution in [3.05, 3.63) is 18.7 Å². The van der Waals surface area contributed by atoms with Crippen LogP contribution in [0.15, 0.2) is 18.7 Å². The van der Waals surface area contributed by atoms with Crippen LogP contribution in [0.5, 0.6) is 0 Å². The minimum absolute atomic E-state index is 0.0272. The highest BCUT2D eigenvalue weighted by Gasteiger charge is 2.21. The van der Waals surface area contributed by atoms with Crippen LogP contribution in [0, 0.1) is 5.92 Å². The van der Waals surface area contributed by atoms with Gasteiger partial charge in [-0.3, -0.25) is 0 Å². The van der Waals surface area contributed by atoms with Crippen LogP contribution in [0.1, 0.15) is 12.8 Å². The molecule has 0 unspecified atom stereocenters. The van der Waals surface area contributed by atoms with Gasteiger partial charge in [0.2, 0.25) is 0 Å². The molecule has 0 radical (unpaired) electrons. The van der Waals surface area contributed by atoms with E-state index in [-0.39, 0.29) is 6.03 Å². The average molecular weight is 238 g/mol. The maximum atomic E-state index is 11.9. The predicted molar refractivity (Wildman–Crippen MR) is 62.6 cm³/mol. The molecule has 1 aliphatic carbocycles. The molecular weight excluding hydrogens is 218 g/mol. The van der Waals surface area contributed by atoms with Crippen LogP contribution >= 0.6 is 0 Å². The van der Waals surface area contributed by atoms with Crippen LogP contribution in [0.3, 0.4) is 0 Å². The molecule has 1 amide bonds. The Labute approximate surface area is 102 Å². The Kier molecular flexibility index (Phi) is 3.78. The van der Waals surface area contributed by atoms with Crippen molar-refractivity contribution in [2.24, 2.45) is 13.0 Å². The van der Waals surface area contributed by atoms with E-state index in [1.165, 1.54) is 12.8 Å². The summed E-state index contributed by atoms with van der Waals surface area (Å²) in [7, 11) is 3.69. The van der Waals surface area contributed by atoms with E-state index < -0.39 is 0 Å². The summed E-state index contributed by atoms with van der Waals surface area (Å²) < 4.78 is 8.92. The first-order valence-electron chi connectivity index (χ1n) is 6.03. The molecular formula is C12H20N3O2+. The molecule has 94 valence electrons. The number of rotatable bonds is 5. The monoisotopic (exact) mass is 238 g/mol. The normalized spacial score (nSPS) is 14.9. The first kappa shape index (κ1) is 12.1. The summed E-state index contributed by atoms with van der Waals surface area (Å²) in [5, 5.41) is 0. The number of imidazole rings is 1. The molecule has 2 rings (SSSR count). The number of carbonyl (C=O) groups excluding carboxylic acids is 1. The zero-order valence-electron chi connectivity index (χ0n) is 10.5. The van der Waals surface area contributed by atoms with Crippen molar-refractivity contribution in [3.8, 4) is 0 Å². The van der Waals surface area contributed by atoms with Crippen LogP contribution < -0.4 is 4.57 Å². The molecule has 0 bridgehead atoms. The van der Waals surface area contributed by atoms with Gasteiger partial charge in [0.05, 0.1) is 13.7 Å². The Morgan fingerprint density at radius 1 is 1.59 bits per heavy atom. The minimum Gasteiger partial charge on any atom is -0.379 e. The van der Waals surface area contributed by atoms with Crippen LogP contribution in [0.2, 0.25) is 0 Å². The molecule has 0 saturated heterocycles. The molecule has 1 fully saturated rings. The lowest BCUT2D eigenvalue weighted by molar-refractivity contribution is -0.670. The van der Waals surface area contributed by atoms with E-state index >= 15 is 0 Å². The van der Waals surface area contributed by atoms with Crippen molar-refractivity contribution in [3.63, 3.8) is 0 Å². The van der Waals surface area contributed by atoms with Gasteiger partial charge in [0.25, 0.3) is 6.33 Å². The van der Waals surface area contributed by atoms with E-state index in [0.29, 0.717) is 13.2 Å². The van der Waals surface area contributed by atoms with E-state index in [1.54, 1.807) is 29.0 Å². The lowest BCUT2D eigenvalue weighted by Crippen LogP contribution is -2.34. The molecule has 0 aliphatic heterocycles. The number of ether oxygens (including phenoxy) is 1. The van der Waals surface area contributed by atoms with Crippen LogP contribution in [0.25, 0.3) is 0 Å².